The summed E-state index contributed by atoms with van der Waals surface area (Å²) < 4.78 is 0.801. The molecule has 42 nitrogen and oxygen atoms in total. The zero-order chi connectivity index (χ0) is 94.7. The molecule has 6 heterocycles. The molecule has 2 aromatic heterocycles. The lowest BCUT2D eigenvalue weighted by Gasteiger charge is -2.36. The molecule has 1 unspecified atom stereocenters. The van der Waals surface area contributed by atoms with Gasteiger partial charge in [0.25, 0.3) is 0 Å². The highest BCUT2D eigenvalue weighted by Crippen LogP contribution is 2.30. The van der Waals surface area contributed by atoms with E-state index in [1.165, 1.54) is 63.7 Å². The van der Waals surface area contributed by atoms with Crippen LogP contribution in [0.1, 0.15) is 114 Å². The van der Waals surface area contributed by atoms with E-state index in [4.69, 9.17) is 22.9 Å². The number of allylic oxidation sites excluding steroid dienone is 2. The third-order valence-corrected chi connectivity index (χ3v) is 25.4. The zero-order valence-corrected chi connectivity index (χ0v) is 74.2. The number of hydrogen-bond donors (Lipinski definition) is 19. The monoisotopic (exact) mass is 1840 g/mol. The molecule has 3 saturated heterocycles. The maximum atomic E-state index is 15.7. The largest absolute Gasteiger partial charge is 0.508 e. The molecule has 130 heavy (non-hydrogen) atoms. The number of rotatable bonds is 17. The van der Waals surface area contributed by atoms with Gasteiger partial charge < -0.3 is 126 Å². The molecule has 2 bridgehead atoms. The highest BCUT2D eigenvalue weighted by Gasteiger charge is 2.47. The summed E-state index contributed by atoms with van der Waals surface area (Å²) in [5, 5.41) is 71.2. The highest BCUT2D eigenvalue weighted by atomic mass is 32.2. The number of carboxylic acids is 1. The van der Waals surface area contributed by atoms with E-state index in [9.17, 15) is 73.2 Å². The number of aromatic nitrogens is 1. The van der Waals surface area contributed by atoms with Crippen LogP contribution >= 0.6 is 23.1 Å². The van der Waals surface area contributed by atoms with Crippen molar-refractivity contribution in [2.45, 2.75) is 207 Å². The maximum Gasteiger partial charge on any atom is 0.305 e. The van der Waals surface area contributed by atoms with E-state index in [1.807, 2.05) is 18.2 Å². The van der Waals surface area contributed by atoms with Gasteiger partial charge in [-0.3, -0.25) is 86.3 Å². The number of amides is 17. The Morgan fingerprint density at radius 2 is 1.06 bits per heavy atom. The topological polar surface area (TPSA) is 645 Å². The Hall–Kier alpha value is -12.7. The van der Waals surface area contributed by atoms with Crippen LogP contribution in [-0.2, 0) is 106 Å². The molecular formula is C86H116N20O22S2. The number of nitrogens with zero attached hydrogens (tertiary/aromatic N) is 5. The summed E-state index contributed by atoms with van der Waals surface area (Å²) in [6, 6.07) is -3.34. The number of benzene rings is 3. The minimum absolute atomic E-state index is 0.00583. The first kappa shape index (κ1) is 101. The number of carbonyl (C=O) groups is 18. The number of aliphatic carboxylic acids is 1. The number of para-hydroxylation sites is 1. The standard InChI is InChI=1S/C86H116N20O22S2/c1-46-73(115)96-59(36-72(113)114)85(127)105-31-17-23-65(105)80(122)99-60(37-87)76(118)94-55(29-30-69(89)110)84(126)106-41-51(109)35-67(106)81(123)95-56(33-48-39-91-54-20-15-13-18-52(48)54)75(117)100-62(42-107)78(120)97-58(34-49-43-130-68-24-16-14-19-53(49)68)83(125)104(4)66-22-12-10-8-6-5-7-9-11-21-64(103(3)86(66)128)79(121)98-61(38-88)77(119)101-63(74(116)92-40-70(90)111)44-129-45-71(112)93-57(82(124)102(46)2)32-47-25-27-50(108)28-26-47/h5-6,13-16,18-20,24-28,39,43,46,51,55-67,91,107-109H,7-12,17,21-23,29-38,40-42,44-45,87-88H2,1-4H3,(H2,89,110)(H2,90,111)(H,92,116)(H,93,112)(H,94,118)(H,95,123)(H,96,115)(H,97,120)(H,98,121)(H,99,122)(H,100,117)(H,101,119)(H,113,114)/b6-5-/t46-,51+,55-,56-,57-,58-,59-,60-,61-,62-,63-,64?,65-,66-,67-/m0/s1. The lowest BCUT2D eigenvalue weighted by atomic mass is 9.99. The van der Waals surface area contributed by atoms with Gasteiger partial charge >= 0.3 is 5.97 Å². The molecule has 0 spiro atoms. The van der Waals surface area contributed by atoms with Crippen molar-refractivity contribution in [3.8, 4) is 5.75 Å². The summed E-state index contributed by atoms with van der Waals surface area (Å²) in [6.07, 6.45) is 3.44. The van der Waals surface area contributed by atoms with Gasteiger partial charge in [0.1, 0.15) is 90.3 Å². The van der Waals surface area contributed by atoms with Crippen LogP contribution in [0.15, 0.2) is 96.5 Å². The van der Waals surface area contributed by atoms with E-state index < -0.39 is 267 Å². The molecule has 5 aromatic rings. The number of nitrogens with one attached hydrogen (secondary N) is 11. The second-order valence-electron chi connectivity index (χ2n) is 32.6. The Morgan fingerprint density at radius 1 is 0.523 bits per heavy atom. The summed E-state index contributed by atoms with van der Waals surface area (Å²) in [5.74, 6) is -19.8. The third-order valence-electron chi connectivity index (χ3n) is 23.4. The number of aromatic hydroxyl groups is 1. The van der Waals surface area contributed by atoms with Crippen molar-refractivity contribution in [3.63, 3.8) is 0 Å². The van der Waals surface area contributed by atoms with E-state index in [1.54, 1.807) is 54.0 Å². The first-order valence-corrected chi connectivity index (χ1v) is 44.9. The second kappa shape index (κ2) is 48.1. The van der Waals surface area contributed by atoms with E-state index in [0.717, 1.165) is 41.0 Å². The fraction of sp³-hybridized carbons (Fsp3) is 0.512. The number of thioether (sulfide) groups is 1. The number of nitrogens with two attached hydrogens (primary N) is 4. The summed E-state index contributed by atoms with van der Waals surface area (Å²) in [5.41, 5.74) is 25.3. The molecule has 0 saturated carbocycles. The number of fused-ring (bicyclic) bond motifs is 7. The van der Waals surface area contributed by atoms with Gasteiger partial charge in [-0.15, -0.1) is 23.1 Å². The lowest BCUT2D eigenvalue weighted by molar-refractivity contribution is -0.149. The molecule has 3 aromatic carbocycles. The van der Waals surface area contributed by atoms with Gasteiger partial charge in [0.15, 0.2) is 0 Å². The third kappa shape index (κ3) is 27.5. The maximum absolute atomic E-state index is 15.7. The van der Waals surface area contributed by atoms with Gasteiger partial charge in [-0.25, -0.2) is 0 Å². The van der Waals surface area contributed by atoms with E-state index >= 15 is 33.6 Å². The number of aliphatic hydroxyl groups excluding tert-OH is 2. The van der Waals surface area contributed by atoms with Gasteiger partial charge in [0.2, 0.25) is 100 Å². The number of aromatic amines is 1. The fourth-order valence-corrected chi connectivity index (χ4v) is 17.8. The van der Waals surface area contributed by atoms with Crippen molar-refractivity contribution < 1.29 is 107 Å². The molecule has 3 fully saturated rings. The van der Waals surface area contributed by atoms with Crippen LogP contribution in [0.5, 0.6) is 5.75 Å². The van der Waals surface area contributed by atoms with Crippen LogP contribution in [0, 0.1) is 0 Å². The number of phenols is 1. The smallest absolute Gasteiger partial charge is 0.305 e. The number of primary amides is 2. The Balaban J connectivity index is 1.08. The molecule has 15 atom stereocenters. The number of likely N-dealkylation sites (N-methyl/N-ethyl adjacent to an activating group) is 3. The number of phenolic OH excluding ortho intramolecular Hbond substituents is 1. The van der Waals surface area contributed by atoms with Crippen LogP contribution in [-0.4, -0.2) is 319 Å². The van der Waals surface area contributed by atoms with Gasteiger partial charge in [0, 0.05) is 107 Å². The van der Waals surface area contributed by atoms with Crippen LogP contribution in [0.3, 0.4) is 0 Å². The molecule has 704 valence electrons. The summed E-state index contributed by atoms with van der Waals surface area (Å²) in [6.45, 7) is -2.71. The lowest BCUT2D eigenvalue weighted by Crippen LogP contribution is -2.62. The Kier molecular flexibility index (Phi) is 37.4. The summed E-state index contributed by atoms with van der Waals surface area (Å²) >= 11 is 2.08. The minimum Gasteiger partial charge on any atom is -0.508 e. The van der Waals surface area contributed by atoms with Crippen LogP contribution < -0.4 is 76.1 Å². The quantitative estimate of drug-likeness (QED) is 0.0391. The number of H-pyrrole nitrogens is 1. The zero-order valence-electron chi connectivity index (χ0n) is 72.6. The van der Waals surface area contributed by atoms with Crippen molar-refractivity contribution in [2.24, 2.45) is 22.9 Å². The predicted molar refractivity (Wildman–Crippen MR) is 474 cm³/mol. The van der Waals surface area contributed by atoms with Gasteiger partial charge in [-0.1, -0.05) is 73.5 Å². The molecular weight excluding hydrogens is 1730 g/mol. The van der Waals surface area contributed by atoms with Crippen molar-refractivity contribution >= 4 is 150 Å². The van der Waals surface area contributed by atoms with Gasteiger partial charge in [-0.2, -0.15) is 0 Å². The van der Waals surface area contributed by atoms with E-state index in [0.29, 0.717) is 71.5 Å². The highest BCUT2D eigenvalue weighted by molar-refractivity contribution is 8.00. The molecule has 44 heteroatoms. The Bertz CT molecular complexity index is 4990. The Labute approximate surface area is 756 Å². The summed E-state index contributed by atoms with van der Waals surface area (Å²) in [4.78, 5) is 267. The molecule has 4 aliphatic heterocycles. The van der Waals surface area contributed by atoms with Crippen LogP contribution in [0.4, 0.5) is 0 Å². The van der Waals surface area contributed by atoms with Crippen molar-refractivity contribution in [1.29, 1.82) is 0 Å². The van der Waals surface area contributed by atoms with Crippen molar-refractivity contribution in [2.75, 3.05) is 72.0 Å². The van der Waals surface area contributed by atoms with E-state index in [-0.39, 0.29) is 57.2 Å². The Morgan fingerprint density at radius 3 is 1.72 bits per heavy atom. The minimum atomic E-state index is -1.93. The molecule has 0 aliphatic carbocycles. The molecule has 23 N–H and O–H groups in total. The normalized spacial score (nSPS) is 26.4. The molecule has 17 amide bonds. The number of thiophene rings is 1. The average molecular weight is 1850 g/mol. The van der Waals surface area contributed by atoms with Crippen molar-refractivity contribution in [3.05, 3.63) is 113 Å². The molecule has 4 aliphatic rings. The SMILES string of the molecule is C[C@H]1C(=O)N[C@@H](CC(=O)O)C(=O)N2CCC[C@H]2C(=O)N[C@@H](CN)C(=O)N[C@@H](CCC(N)=O)C(=O)N2C[C@H](O)C[C@H]2C(=O)N[C@@H](Cc2c[nH]c3ccccc23)C(=O)N[C@@H](CO)C(=O)N[C@@H](Cc2csc3ccccc23)C(=O)N(C)[C@H]2CCCC/C=C\CCCCC(C(=O)N[C@@H](CN)C(=O)N[C@H](C(=O)NCC(N)=O)CSCC(=O)N[C@@H](Cc3ccc(O)cc3)C(=O)N1C)N(C)C2=O. The average Bonchev–Trinajstić information content (AvgIpc) is 1.70. The first-order chi connectivity index (χ1) is 62.0. The predicted octanol–water partition coefficient (Wildman–Crippen LogP) is -4.38. The second-order valence-corrected chi connectivity index (χ2v) is 34.6. The first-order valence-electron chi connectivity index (χ1n) is 42.9. The molecule has 0 radical (unpaired) electrons. The summed E-state index contributed by atoms with van der Waals surface area (Å²) in [7, 11) is 3.86. The number of hydrogen-bond acceptors (Lipinski definition) is 25. The van der Waals surface area contributed by atoms with Crippen LogP contribution in [0.25, 0.3) is 21.0 Å². The number of aliphatic hydroxyl groups is 2. The fourth-order valence-electron chi connectivity index (χ4n) is 16.0. The van der Waals surface area contributed by atoms with Gasteiger partial charge in [-0.05, 0) is 116 Å². The van der Waals surface area contributed by atoms with E-state index in [2.05, 4.69) is 58.2 Å². The van der Waals surface area contributed by atoms with Crippen molar-refractivity contribution in [1.82, 2.24) is 82.7 Å². The number of carboxylic acid groups (broad SMARTS) is 1. The molecule has 9 rings (SSSR count). The van der Waals surface area contributed by atoms with Crippen LogP contribution in [0.2, 0.25) is 0 Å². The number of carbonyl (C=O) groups excluding carboxylic acids is 17. The van der Waals surface area contributed by atoms with Gasteiger partial charge in [0.05, 0.1) is 31.4 Å².